The number of likely N-dealkylation sites (N-methyl/N-ethyl adjacent to an activating group) is 1. The van der Waals surface area contributed by atoms with Crippen LogP contribution in [0.2, 0.25) is 0 Å². The molecule has 1 heterocycles. The Labute approximate surface area is 84.7 Å². The molecular weight excluding hydrogens is 211 g/mol. The van der Waals surface area contributed by atoms with Crippen molar-refractivity contribution in [3.63, 3.8) is 0 Å². The Balaban J connectivity index is 3.10. The van der Waals surface area contributed by atoms with Crippen molar-refractivity contribution >= 4 is 0 Å². The highest BCUT2D eigenvalue weighted by molar-refractivity contribution is 5.23. The summed E-state index contributed by atoms with van der Waals surface area (Å²) in [6.07, 6.45) is -4.99. The average molecular weight is 223 g/mol. The molecule has 4 nitrogen and oxygen atoms in total. The number of aliphatic hydroxyl groups excluding tert-OH is 1. The first-order valence-electron chi connectivity index (χ1n) is 4.29. The average Bonchev–Trinajstić information content (AvgIpc) is 2.46. The van der Waals surface area contributed by atoms with Crippen LogP contribution in [-0.4, -0.2) is 28.5 Å². The number of halogens is 3. The fourth-order valence-electron chi connectivity index (χ4n) is 1.35. The zero-order chi connectivity index (χ0) is 11.6. The maximum absolute atomic E-state index is 12.5. The molecule has 15 heavy (non-hydrogen) atoms. The number of aromatic nitrogens is 2. The summed E-state index contributed by atoms with van der Waals surface area (Å²) in [6.45, 7) is 0.0443. The summed E-state index contributed by atoms with van der Waals surface area (Å²) in [5.74, 6) is 0. The van der Waals surface area contributed by atoms with Crippen molar-refractivity contribution < 1.29 is 18.3 Å². The zero-order valence-corrected chi connectivity index (χ0v) is 8.34. The number of nitrogens with one attached hydrogen (secondary N) is 1. The van der Waals surface area contributed by atoms with E-state index in [9.17, 15) is 18.3 Å². The molecule has 0 bridgehead atoms. The predicted octanol–water partition coefficient (Wildman–Crippen LogP) is 0.692. The van der Waals surface area contributed by atoms with E-state index in [1.807, 2.05) is 0 Å². The molecule has 1 unspecified atom stereocenters. The monoisotopic (exact) mass is 223 g/mol. The van der Waals surface area contributed by atoms with Gasteiger partial charge in [0.1, 0.15) is 6.10 Å². The van der Waals surface area contributed by atoms with E-state index in [1.165, 1.54) is 7.05 Å². The van der Waals surface area contributed by atoms with Gasteiger partial charge < -0.3 is 10.4 Å². The van der Waals surface area contributed by atoms with Gasteiger partial charge in [-0.05, 0) is 7.05 Å². The molecule has 0 fully saturated rings. The number of aryl methyl sites for hydroxylation is 1. The van der Waals surface area contributed by atoms with Crippen molar-refractivity contribution in [2.75, 3.05) is 13.6 Å². The summed E-state index contributed by atoms with van der Waals surface area (Å²) in [5, 5.41) is 15.6. The van der Waals surface area contributed by atoms with Crippen molar-refractivity contribution in [1.29, 1.82) is 0 Å². The summed E-state index contributed by atoms with van der Waals surface area (Å²) in [6, 6.07) is 0. The molecule has 0 saturated carbocycles. The maximum atomic E-state index is 12.5. The van der Waals surface area contributed by atoms with Crippen LogP contribution in [0.1, 0.15) is 17.4 Å². The second-order valence-corrected chi connectivity index (χ2v) is 3.14. The van der Waals surface area contributed by atoms with Gasteiger partial charge in [0.15, 0.2) is 0 Å². The van der Waals surface area contributed by atoms with Crippen molar-refractivity contribution in [2.45, 2.75) is 12.3 Å². The van der Waals surface area contributed by atoms with E-state index in [-0.39, 0.29) is 12.2 Å². The van der Waals surface area contributed by atoms with E-state index in [2.05, 4.69) is 10.4 Å². The fraction of sp³-hybridized carbons (Fsp3) is 0.625. The largest absolute Gasteiger partial charge is 0.419 e. The normalized spacial score (nSPS) is 14.3. The summed E-state index contributed by atoms with van der Waals surface area (Å²) < 4.78 is 38.5. The van der Waals surface area contributed by atoms with E-state index in [0.717, 1.165) is 4.68 Å². The van der Waals surface area contributed by atoms with Gasteiger partial charge in [-0.1, -0.05) is 0 Å². The number of hydrogen-bond donors (Lipinski definition) is 2. The number of alkyl halides is 3. The Morgan fingerprint density at radius 3 is 2.67 bits per heavy atom. The van der Waals surface area contributed by atoms with Crippen LogP contribution >= 0.6 is 0 Å². The van der Waals surface area contributed by atoms with Crippen LogP contribution in [0, 0.1) is 0 Å². The summed E-state index contributed by atoms with van der Waals surface area (Å²) in [5.41, 5.74) is -1.12. The molecule has 1 aromatic rings. The van der Waals surface area contributed by atoms with E-state index < -0.39 is 17.8 Å². The van der Waals surface area contributed by atoms with Crippen LogP contribution in [0.4, 0.5) is 13.2 Å². The van der Waals surface area contributed by atoms with Crippen LogP contribution in [0.5, 0.6) is 0 Å². The third kappa shape index (κ3) is 2.48. The Hall–Kier alpha value is -1.08. The van der Waals surface area contributed by atoms with Gasteiger partial charge >= 0.3 is 6.18 Å². The molecule has 0 aliphatic carbocycles. The molecule has 0 saturated heterocycles. The van der Waals surface area contributed by atoms with E-state index >= 15 is 0 Å². The van der Waals surface area contributed by atoms with Gasteiger partial charge in [-0.2, -0.15) is 18.3 Å². The molecule has 0 radical (unpaired) electrons. The lowest BCUT2D eigenvalue weighted by molar-refractivity contribution is -0.139. The fourth-order valence-corrected chi connectivity index (χ4v) is 1.35. The van der Waals surface area contributed by atoms with E-state index in [0.29, 0.717) is 6.20 Å². The first-order valence-corrected chi connectivity index (χ1v) is 4.29. The third-order valence-electron chi connectivity index (χ3n) is 2.00. The predicted molar refractivity (Wildman–Crippen MR) is 47.1 cm³/mol. The number of rotatable bonds is 3. The molecule has 0 aromatic carbocycles. The van der Waals surface area contributed by atoms with Gasteiger partial charge in [0, 0.05) is 13.6 Å². The summed E-state index contributed by atoms with van der Waals surface area (Å²) in [4.78, 5) is 0. The van der Waals surface area contributed by atoms with Crippen molar-refractivity contribution in [3.8, 4) is 0 Å². The second kappa shape index (κ2) is 4.19. The molecule has 1 aromatic heterocycles. The minimum atomic E-state index is -4.49. The SMILES string of the molecule is CNCC(O)c1c(C(F)(F)F)cnn1C. The van der Waals surface area contributed by atoms with Crippen molar-refractivity contribution in [1.82, 2.24) is 15.1 Å². The summed E-state index contributed by atoms with van der Waals surface area (Å²) in [7, 11) is 2.91. The first kappa shape index (κ1) is 12.0. The molecule has 1 rings (SSSR count). The molecule has 0 spiro atoms. The number of aliphatic hydroxyl groups is 1. The minimum Gasteiger partial charge on any atom is -0.385 e. The molecule has 0 aliphatic heterocycles. The Morgan fingerprint density at radius 1 is 1.60 bits per heavy atom. The van der Waals surface area contributed by atoms with Crippen LogP contribution in [0.15, 0.2) is 6.20 Å². The van der Waals surface area contributed by atoms with Gasteiger partial charge in [0.2, 0.25) is 0 Å². The Bertz CT molecular complexity index is 334. The van der Waals surface area contributed by atoms with Gasteiger partial charge in [0.25, 0.3) is 0 Å². The molecule has 1 atom stereocenters. The Morgan fingerprint density at radius 2 is 2.20 bits per heavy atom. The third-order valence-corrected chi connectivity index (χ3v) is 2.00. The lowest BCUT2D eigenvalue weighted by atomic mass is 10.1. The minimum absolute atomic E-state index is 0.0443. The Kier molecular flexibility index (Phi) is 3.35. The van der Waals surface area contributed by atoms with Crippen LogP contribution in [-0.2, 0) is 13.2 Å². The standard InChI is InChI=1S/C8H12F3N3O/c1-12-4-6(15)7-5(8(9,10)11)3-13-14(7)2/h3,6,12,15H,4H2,1-2H3. The zero-order valence-electron chi connectivity index (χ0n) is 8.34. The van der Waals surface area contributed by atoms with E-state index in [1.54, 1.807) is 7.05 Å². The first-order chi connectivity index (χ1) is 6.88. The second-order valence-electron chi connectivity index (χ2n) is 3.14. The molecule has 0 aliphatic rings. The lowest BCUT2D eigenvalue weighted by Crippen LogP contribution is -2.22. The number of nitrogens with zero attached hydrogens (tertiary/aromatic N) is 2. The molecule has 2 N–H and O–H groups in total. The van der Waals surface area contributed by atoms with Crippen LogP contribution < -0.4 is 5.32 Å². The molecule has 86 valence electrons. The van der Waals surface area contributed by atoms with Crippen molar-refractivity contribution in [3.05, 3.63) is 17.5 Å². The van der Waals surface area contributed by atoms with E-state index in [4.69, 9.17) is 0 Å². The van der Waals surface area contributed by atoms with Crippen LogP contribution in [0.3, 0.4) is 0 Å². The quantitative estimate of drug-likeness (QED) is 0.792. The molecule has 7 heteroatoms. The lowest BCUT2D eigenvalue weighted by Gasteiger charge is -2.14. The molecular formula is C8H12F3N3O. The van der Waals surface area contributed by atoms with Crippen LogP contribution in [0.25, 0.3) is 0 Å². The molecule has 0 amide bonds. The highest BCUT2D eigenvalue weighted by atomic mass is 19.4. The maximum Gasteiger partial charge on any atom is 0.419 e. The van der Waals surface area contributed by atoms with Gasteiger partial charge in [-0.3, -0.25) is 4.68 Å². The van der Waals surface area contributed by atoms with Gasteiger partial charge in [-0.25, -0.2) is 0 Å². The van der Waals surface area contributed by atoms with Crippen molar-refractivity contribution in [2.24, 2.45) is 7.05 Å². The summed E-state index contributed by atoms with van der Waals surface area (Å²) >= 11 is 0. The topological polar surface area (TPSA) is 50.1 Å². The number of hydrogen-bond acceptors (Lipinski definition) is 3. The van der Waals surface area contributed by atoms with Gasteiger partial charge in [-0.15, -0.1) is 0 Å². The van der Waals surface area contributed by atoms with Gasteiger partial charge in [0.05, 0.1) is 17.5 Å². The smallest absolute Gasteiger partial charge is 0.385 e. The highest BCUT2D eigenvalue weighted by Crippen LogP contribution is 2.33. The highest BCUT2D eigenvalue weighted by Gasteiger charge is 2.37.